The van der Waals surface area contributed by atoms with Crippen LogP contribution in [0.3, 0.4) is 0 Å². The van der Waals surface area contributed by atoms with Gasteiger partial charge in [-0.15, -0.1) is 0 Å². The van der Waals surface area contributed by atoms with E-state index in [4.69, 9.17) is 23.9 Å². The van der Waals surface area contributed by atoms with Crippen molar-refractivity contribution in [2.75, 3.05) is 0 Å². The van der Waals surface area contributed by atoms with Crippen LogP contribution in [0.4, 0.5) is 0 Å². The zero-order chi connectivity index (χ0) is 8.12. The van der Waals surface area contributed by atoms with Gasteiger partial charge in [-0.25, -0.2) is 0 Å². The zero-order valence-corrected chi connectivity index (χ0v) is 11.6. The summed E-state index contributed by atoms with van der Waals surface area (Å²) in [6, 6.07) is 0. The molecule has 0 spiro atoms. The Hall–Kier alpha value is 1.28. The van der Waals surface area contributed by atoms with E-state index < -0.39 is 46.5 Å². The average molecular weight is 386 g/mol. The molecule has 0 unspecified atom stereocenters. The maximum absolute atomic E-state index is 8.46. The van der Waals surface area contributed by atoms with Crippen molar-refractivity contribution in [1.29, 1.82) is 0 Å². The molecule has 0 aromatic rings. The fraction of sp³-hybridized carbons (Fsp3) is 0. The van der Waals surface area contributed by atoms with Crippen molar-refractivity contribution in [2.45, 2.75) is 0 Å². The second-order valence-electron chi connectivity index (χ2n) is 0.289. The van der Waals surface area contributed by atoms with Gasteiger partial charge in [0.05, 0.1) is 0 Å². The van der Waals surface area contributed by atoms with E-state index >= 15 is 0 Å². The number of rotatable bonds is 0. The molecule has 0 aliphatic heterocycles. The van der Waals surface area contributed by atoms with Gasteiger partial charge < -0.3 is 0 Å². The topological polar surface area (TPSA) is 120 Å². The SMILES string of the molecule is [Bi+3].[O]=[Al][O-].[O]=[Al][O-].[O]=[Al][O-]. The van der Waals surface area contributed by atoms with Crippen LogP contribution in [0, 0.1) is 0 Å². The van der Waals surface area contributed by atoms with Gasteiger partial charge in [-0.3, -0.25) is 0 Å². The van der Waals surface area contributed by atoms with Gasteiger partial charge >= 0.3 is 96.6 Å². The molecule has 0 rings (SSSR count). The summed E-state index contributed by atoms with van der Waals surface area (Å²) < 4.78 is 50.8. The van der Waals surface area contributed by atoms with E-state index in [1.165, 1.54) is 0 Å². The minimum absolute atomic E-state index is 0. The van der Waals surface area contributed by atoms with Gasteiger partial charge in [0.15, 0.2) is 0 Å². The Labute approximate surface area is 95.5 Å². The molecule has 0 fully saturated rings. The Morgan fingerprint density at radius 3 is 0.700 bits per heavy atom. The molecule has 0 atom stereocenters. The molecule has 10 heavy (non-hydrogen) atoms. The zero-order valence-electron chi connectivity index (χ0n) is 4.63. The first-order valence-electron chi connectivity index (χ1n) is 1.41. The van der Waals surface area contributed by atoms with Crippen LogP contribution in [0.15, 0.2) is 0 Å². The summed E-state index contributed by atoms with van der Waals surface area (Å²) in [5.41, 5.74) is 0. The Morgan fingerprint density at radius 2 is 0.700 bits per heavy atom. The van der Waals surface area contributed by atoms with E-state index in [0.717, 1.165) is 0 Å². The van der Waals surface area contributed by atoms with Crippen LogP contribution in [0.25, 0.3) is 0 Å². The summed E-state index contributed by atoms with van der Waals surface area (Å²) in [5.74, 6) is 0. The molecule has 2 radical (unpaired) electrons. The molecule has 0 aliphatic carbocycles. The summed E-state index contributed by atoms with van der Waals surface area (Å²) in [4.78, 5) is 0. The predicted molar refractivity (Wildman–Crippen MR) is 25.1 cm³/mol. The summed E-state index contributed by atoms with van der Waals surface area (Å²) in [5, 5.41) is 0. The number of hydrogen-bond donors (Lipinski definition) is 0. The molecule has 0 saturated carbocycles. The molecular weight excluding hydrogens is 386 g/mol. The standard InChI is InChI=1S/3Al.Bi.6O/q;;;+3;;;;3*-1. The third kappa shape index (κ3) is 388. The Morgan fingerprint density at radius 1 is 0.700 bits per heavy atom. The predicted octanol–water partition coefficient (Wildman–Crippen LogP) is -5.45. The van der Waals surface area contributed by atoms with Gasteiger partial charge in [-0.2, -0.15) is 0 Å². The molecule has 0 heterocycles. The first kappa shape index (κ1) is 22.5. The third-order valence-electron chi connectivity index (χ3n) is 0. The first-order chi connectivity index (χ1) is 4.24. The van der Waals surface area contributed by atoms with Crippen molar-refractivity contribution >= 4 is 72.7 Å². The fourth-order valence-corrected chi connectivity index (χ4v) is 0. The minimum atomic E-state index is -1.75. The second-order valence-corrected chi connectivity index (χ2v) is 0.866. The van der Waals surface area contributed by atoms with Crippen LogP contribution in [0.1, 0.15) is 0 Å². The van der Waals surface area contributed by atoms with E-state index in [0.29, 0.717) is 0 Å². The maximum atomic E-state index is 8.46. The van der Waals surface area contributed by atoms with Gasteiger partial charge in [-0.05, 0) is 0 Å². The molecule has 50 valence electrons. The van der Waals surface area contributed by atoms with E-state index in [-0.39, 0.29) is 26.2 Å². The number of hydrogen-bond acceptors (Lipinski definition) is 6. The van der Waals surface area contributed by atoms with Crippen molar-refractivity contribution < 1.29 is 23.9 Å². The van der Waals surface area contributed by atoms with E-state index in [1.807, 2.05) is 0 Å². The summed E-state index contributed by atoms with van der Waals surface area (Å²) in [6.45, 7) is 0. The van der Waals surface area contributed by atoms with Crippen LogP contribution in [-0.2, 0) is 11.4 Å². The van der Waals surface area contributed by atoms with Crippen LogP contribution >= 0.6 is 0 Å². The summed E-state index contributed by atoms with van der Waals surface area (Å²) in [7, 11) is 0. The van der Waals surface area contributed by atoms with Crippen LogP contribution in [0.5, 0.6) is 0 Å². The van der Waals surface area contributed by atoms with Crippen LogP contribution < -0.4 is 12.5 Å². The van der Waals surface area contributed by atoms with Gasteiger partial charge in [-0.1, -0.05) is 0 Å². The summed E-state index contributed by atoms with van der Waals surface area (Å²) in [6.07, 6.45) is 0. The Kier molecular flexibility index (Phi) is 109. The molecule has 10 heteroatoms. The van der Waals surface area contributed by atoms with Crippen molar-refractivity contribution in [3.05, 3.63) is 0 Å². The Balaban J connectivity index is -0.0000000257. The van der Waals surface area contributed by atoms with Crippen LogP contribution in [0.2, 0.25) is 0 Å². The fourth-order valence-electron chi connectivity index (χ4n) is 0. The summed E-state index contributed by atoms with van der Waals surface area (Å²) >= 11 is -5.25. The first-order valence-corrected chi connectivity index (χ1v) is 4.24. The monoisotopic (exact) mass is 386 g/mol. The molecule has 0 N–H and O–H groups in total. The molecule has 0 aliphatic rings. The van der Waals surface area contributed by atoms with Crippen LogP contribution in [-0.4, -0.2) is 72.7 Å². The normalized spacial score (nSPS) is 2.40. The van der Waals surface area contributed by atoms with Gasteiger partial charge in [0, 0.05) is 0 Å². The Bertz CT molecular complexity index is 49.7. The van der Waals surface area contributed by atoms with Crippen molar-refractivity contribution in [3.63, 3.8) is 0 Å². The molecule has 0 saturated heterocycles. The van der Waals surface area contributed by atoms with Crippen molar-refractivity contribution in [3.8, 4) is 0 Å². The van der Waals surface area contributed by atoms with Gasteiger partial charge in [0.25, 0.3) is 0 Å². The molecular formula is Al3BiO6. The molecule has 6 nitrogen and oxygen atoms in total. The van der Waals surface area contributed by atoms with E-state index in [2.05, 4.69) is 0 Å². The quantitative estimate of drug-likeness (QED) is 0.384. The second kappa shape index (κ2) is 48.3. The van der Waals surface area contributed by atoms with Gasteiger partial charge in [0.2, 0.25) is 0 Å². The van der Waals surface area contributed by atoms with E-state index in [1.54, 1.807) is 0 Å². The van der Waals surface area contributed by atoms with Gasteiger partial charge in [0.1, 0.15) is 0 Å². The van der Waals surface area contributed by atoms with E-state index in [9.17, 15) is 0 Å². The van der Waals surface area contributed by atoms with Crippen molar-refractivity contribution in [2.24, 2.45) is 0 Å². The molecule has 0 amide bonds. The van der Waals surface area contributed by atoms with Crippen molar-refractivity contribution in [1.82, 2.24) is 0 Å². The molecule has 0 bridgehead atoms. The third-order valence-corrected chi connectivity index (χ3v) is 0. The molecule has 0 aromatic carbocycles. The average Bonchev–Trinajstić information content (AvgIpc) is 1.70. The molecule has 0 aromatic heterocycles.